The van der Waals surface area contributed by atoms with Crippen molar-refractivity contribution in [1.29, 1.82) is 5.26 Å². The number of aromatic nitrogens is 4. The summed E-state index contributed by atoms with van der Waals surface area (Å²) in [5.74, 6) is -0.0870. The van der Waals surface area contributed by atoms with Crippen molar-refractivity contribution in [2.24, 2.45) is 7.05 Å². The Balaban J connectivity index is 1.41. The molecule has 2 aromatic carbocycles. The Hall–Kier alpha value is -4.00. The molecule has 41 heavy (non-hydrogen) atoms. The maximum Gasteiger partial charge on any atom is 0.291 e. The number of carbonyl (C=O) groups is 1. The van der Waals surface area contributed by atoms with Crippen LogP contribution >= 0.6 is 11.3 Å². The molecule has 1 N–H and O–H groups in total. The number of nitrogens with one attached hydrogen (secondary N) is 1. The first-order chi connectivity index (χ1) is 19.6. The molecule has 4 aromatic rings. The third-order valence-electron chi connectivity index (χ3n) is 7.25. The lowest BCUT2D eigenvalue weighted by atomic mass is 10.1. The minimum atomic E-state index is -4.13. The number of aryl methyl sites for hydroxylation is 1. The molecule has 0 bridgehead atoms. The van der Waals surface area contributed by atoms with E-state index in [0.717, 1.165) is 0 Å². The normalized spacial score (nSPS) is 16.8. The van der Waals surface area contributed by atoms with E-state index in [1.807, 2.05) is 17.0 Å². The van der Waals surface area contributed by atoms with Gasteiger partial charge in [-0.15, -0.1) is 10.2 Å². The molecule has 1 saturated heterocycles. The van der Waals surface area contributed by atoms with Crippen LogP contribution in [0.3, 0.4) is 0 Å². The Bertz CT molecular complexity index is 1790. The zero-order valence-corrected chi connectivity index (χ0v) is 23.4. The Labute approximate surface area is 238 Å². The fraction of sp³-hybridized carbons (Fsp3) is 0.346. The van der Waals surface area contributed by atoms with Gasteiger partial charge in [-0.2, -0.15) is 15.1 Å². The monoisotopic (exact) mass is 598 g/mol. The second-order valence-electron chi connectivity index (χ2n) is 10.0. The van der Waals surface area contributed by atoms with E-state index in [0.29, 0.717) is 72.5 Å². The number of rotatable bonds is 7. The Morgan fingerprint density at radius 3 is 2.44 bits per heavy atom. The van der Waals surface area contributed by atoms with E-state index in [2.05, 4.69) is 20.0 Å². The van der Waals surface area contributed by atoms with Crippen LogP contribution in [0.2, 0.25) is 0 Å². The number of carbonyl (C=O) groups excluding carboxylic acids is 1. The molecule has 0 spiro atoms. The molecule has 2 aliphatic rings. The predicted octanol–water partition coefficient (Wildman–Crippen LogP) is 3.33. The zero-order chi connectivity index (χ0) is 28.9. The van der Waals surface area contributed by atoms with Crippen molar-refractivity contribution in [2.45, 2.75) is 29.7 Å². The van der Waals surface area contributed by atoms with Crippen LogP contribution in [0.15, 0.2) is 47.4 Å². The summed E-state index contributed by atoms with van der Waals surface area (Å²) < 4.78 is 57.6. The maximum atomic E-state index is 13.5. The van der Waals surface area contributed by atoms with Gasteiger partial charge >= 0.3 is 0 Å². The number of piperazine rings is 1. The fourth-order valence-corrected chi connectivity index (χ4v) is 7.05. The lowest BCUT2D eigenvalue weighted by molar-refractivity contribution is 0.0747. The molecule has 212 valence electrons. The smallest absolute Gasteiger partial charge is 0.291 e. The van der Waals surface area contributed by atoms with E-state index in [9.17, 15) is 27.3 Å². The number of fused-ring (bicyclic) bond motifs is 1. The number of anilines is 1. The quantitative estimate of drug-likeness (QED) is 0.342. The molecule has 1 amide bonds. The second-order valence-corrected chi connectivity index (χ2v) is 12.7. The fourth-order valence-electron chi connectivity index (χ4n) is 4.93. The van der Waals surface area contributed by atoms with E-state index >= 15 is 0 Å². The molecule has 1 aliphatic heterocycles. The average Bonchev–Trinajstić information content (AvgIpc) is 3.40. The van der Waals surface area contributed by atoms with Crippen LogP contribution in [0.1, 0.15) is 34.6 Å². The number of benzene rings is 2. The maximum absolute atomic E-state index is 13.5. The first kappa shape index (κ1) is 27.2. The number of nitrogens with zero attached hydrogens (tertiary/aromatic N) is 7. The predicted molar refractivity (Wildman–Crippen MR) is 147 cm³/mol. The summed E-state index contributed by atoms with van der Waals surface area (Å²) in [4.78, 5) is 16.6. The molecule has 2 fully saturated rings. The molecule has 1 saturated carbocycles. The standard InChI is InChI=1S/C26H24F2N8O3S2/c1-34-21-18(20(32-34)23-30-31-24(40-23)22(27)28)13-17(41(38,39)33-26(15-29)7-8-26)14-19(21)35-9-11-36(12-10-35)25(37)16-5-3-2-4-6-16/h2-6,13-14,22,33H,7-12H2,1H3. The van der Waals surface area contributed by atoms with Crippen molar-refractivity contribution in [3.05, 3.63) is 53.0 Å². The first-order valence-electron chi connectivity index (χ1n) is 12.8. The summed E-state index contributed by atoms with van der Waals surface area (Å²) in [7, 11) is -2.45. The summed E-state index contributed by atoms with van der Waals surface area (Å²) in [6, 6.07) is 14.0. The molecular weight excluding hydrogens is 574 g/mol. The molecule has 11 nitrogen and oxygen atoms in total. The summed E-state index contributed by atoms with van der Waals surface area (Å²) in [6.45, 7) is 1.64. The first-order valence-corrected chi connectivity index (χ1v) is 15.1. The molecule has 2 aromatic heterocycles. The highest BCUT2D eigenvalue weighted by Gasteiger charge is 2.47. The summed E-state index contributed by atoms with van der Waals surface area (Å²) >= 11 is 0.688. The van der Waals surface area contributed by atoms with Crippen molar-refractivity contribution >= 4 is 43.9 Å². The minimum Gasteiger partial charge on any atom is -0.366 e. The number of sulfonamides is 1. The van der Waals surface area contributed by atoms with Crippen LogP contribution in [-0.2, 0) is 17.1 Å². The van der Waals surface area contributed by atoms with Crippen LogP contribution in [0.5, 0.6) is 0 Å². The highest BCUT2D eigenvalue weighted by atomic mass is 32.2. The second kappa shape index (κ2) is 10.1. The number of hydrogen-bond donors (Lipinski definition) is 1. The van der Waals surface area contributed by atoms with Crippen LogP contribution in [0, 0.1) is 11.3 Å². The van der Waals surface area contributed by atoms with Gasteiger partial charge in [-0.05, 0) is 37.1 Å². The third kappa shape index (κ3) is 5.03. The zero-order valence-electron chi connectivity index (χ0n) is 21.8. The van der Waals surface area contributed by atoms with Crippen LogP contribution in [0.4, 0.5) is 14.5 Å². The Morgan fingerprint density at radius 1 is 1.12 bits per heavy atom. The molecule has 6 rings (SSSR count). The van der Waals surface area contributed by atoms with Gasteiger partial charge < -0.3 is 9.80 Å². The lowest BCUT2D eigenvalue weighted by Crippen LogP contribution is -2.49. The Morgan fingerprint density at radius 2 is 1.83 bits per heavy atom. The number of amides is 1. The summed E-state index contributed by atoms with van der Waals surface area (Å²) in [5.41, 5.74) is 0.809. The van der Waals surface area contributed by atoms with Crippen molar-refractivity contribution in [2.75, 3.05) is 31.1 Å². The van der Waals surface area contributed by atoms with E-state index in [1.165, 1.54) is 12.1 Å². The van der Waals surface area contributed by atoms with Gasteiger partial charge in [0.1, 0.15) is 11.2 Å². The van der Waals surface area contributed by atoms with Gasteiger partial charge in [-0.1, -0.05) is 29.5 Å². The molecule has 15 heteroatoms. The van der Waals surface area contributed by atoms with Gasteiger partial charge in [0.05, 0.1) is 22.2 Å². The highest BCUT2D eigenvalue weighted by molar-refractivity contribution is 7.89. The largest absolute Gasteiger partial charge is 0.366 e. The van der Waals surface area contributed by atoms with Gasteiger partial charge in [-0.3, -0.25) is 9.48 Å². The van der Waals surface area contributed by atoms with Crippen molar-refractivity contribution < 1.29 is 22.0 Å². The number of nitriles is 1. The van der Waals surface area contributed by atoms with Crippen molar-refractivity contribution in [1.82, 2.24) is 29.6 Å². The van der Waals surface area contributed by atoms with Gasteiger partial charge in [0.15, 0.2) is 10.0 Å². The minimum absolute atomic E-state index is 0.0860. The van der Waals surface area contributed by atoms with Gasteiger partial charge in [0.25, 0.3) is 12.3 Å². The van der Waals surface area contributed by atoms with E-state index in [-0.39, 0.29) is 21.5 Å². The van der Waals surface area contributed by atoms with E-state index in [4.69, 9.17) is 0 Å². The van der Waals surface area contributed by atoms with Gasteiger partial charge in [-0.25, -0.2) is 17.2 Å². The highest BCUT2D eigenvalue weighted by Crippen LogP contribution is 2.40. The average molecular weight is 599 g/mol. The van der Waals surface area contributed by atoms with Crippen molar-refractivity contribution in [3.63, 3.8) is 0 Å². The molecule has 0 atom stereocenters. The summed E-state index contributed by atoms with van der Waals surface area (Å²) in [6.07, 6.45) is -1.98. The summed E-state index contributed by atoms with van der Waals surface area (Å²) in [5, 5.41) is 21.5. The number of alkyl halides is 2. The molecule has 0 radical (unpaired) electrons. The van der Waals surface area contributed by atoms with Crippen LogP contribution in [0.25, 0.3) is 21.6 Å². The Kier molecular flexibility index (Phi) is 6.71. The van der Waals surface area contributed by atoms with E-state index < -0.39 is 27.0 Å². The lowest BCUT2D eigenvalue weighted by Gasteiger charge is -2.36. The third-order valence-corrected chi connectivity index (χ3v) is 9.71. The van der Waals surface area contributed by atoms with Crippen LogP contribution in [-0.4, -0.2) is 70.9 Å². The molecule has 3 heterocycles. The van der Waals surface area contributed by atoms with Crippen molar-refractivity contribution in [3.8, 4) is 16.8 Å². The van der Waals surface area contributed by atoms with Crippen LogP contribution < -0.4 is 9.62 Å². The van der Waals surface area contributed by atoms with E-state index in [1.54, 1.807) is 40.9 Å². The number of hydrogen-bond acceptors (Lipinski definition) is 9. The SMILES string of the molecule is Cn1nc(-c2nnc(C(F)F)s2)c2cc(S(=O)(=O)NC3(C#N)CC3)cc(N3CCN(C(=O)c4ccccc4)CC3)c21. The van der Waals surface area contributed by atoms with Gasteiger partial charge in [0, 0.05) is 44.2 Å². The molecular formula is C26H24F2N8O3S2. The topological polar surface area (TPSA) is 137 Å². The molecule has 0 unspecified atom stereocenters. The number of halogens is 2. The molecule has 1 aliphatic carbocycles. The van der Waals surface area contributed by atoms with Gasteiger partial charge in [0.2, 0.25) is 10.0 Å².